The minimum Gasteiger partial charge on any atom is -0.335 e. The molecule has 8 heavy (non-hydrogen) atoms. The number of hydrazine groups is 1. The molecular formula is C4H9N3O. The zero-order valence-corrected chi connectivity index (χ0v) is 4.72. The number of nitrogens with two attached hydrogens (primary N) is 1. The van der Waals surface area contributed by atoms with Crippen molar-refractivity contribution < 1.29 is 4.79 Å². The summed E-state index contributed by atoms with van der Waals surface area (Å²) in [6.45, 7) is 2.55. The second-order valence-corrected chi connectivity index (χ2v) is 1.94. The first-order chi connectivity index (χ1) is 3.72. The maximum Gasteiger partial charge on any atom is 0.331 e. The third kappa shape index (κ3) is 0.626. The monoisotopic (exact) mass is 115 g/mol. The highest BCUT2D eigenvalue weighted by Crippen LogP contribution is 1.97. The van der Waals surface area contributed by atoms with Gasteiger partial charge in [-0.2, -0.15) is 0 Å². The van der Waals surface area contributed by atoms with Crippen molar-refractivity contribution in [3.05, 3.63) is 0 Å². The predicted octanol–water partition coefficient (Wildman–Crippen LogP) is -0.726. The Morgan fingerprint density at radius 1 is 2.00 bits per heavy atom. The van der Waals surface area contributed by atoms with E-state index in [0.29, 0.717) is 6.54 Å². The third-order valence-corrected chi connectivity index (χ3v) is 1.26. The molecule has 1 heterocycles. The van der Waals surface area contributed by atoms with Gasteiger partial charge in [-0.1, -0.05) is 0 Å². The summed E-state index contributed by atoms with van der Waals surface area (Å²) in [5, 5.41) is 3.78. The Morgan fingerprint density at radius 2 is 2.62 bits per heavy atom. The molecule has 0 saturated carbocycles. The number of hydrogen-bond acceptors (Lipinski definition) is 2. The number of carbonyl (C=O) groups is 1. The van der Waals surface area contributed by atoms with Crippen LogP contribution < -0.4 is 11.2 Å². The van der Waals surface area contributed by atoms with Gasteiger partial charge in [-0.05, 0) is 6.92 Å². The molecule has 0 aromatic rings. The number of amides is 2. The molecule has 0 aromatic carbocycles. The third-order valence-electron chi connectivity index (χ3n) is 1.26. The summed E-state index contributed by atoms with van der Waals surface area (Å²) in [7, 11) is 0. The van der Waals surface area contributed by atoms with E-state index in [0.717, 1.165) is 0 Å². The molecule has 0 aromatic heterocycles. The van der Waals surface area contributed by atoms with Crippen LogP contribution in [0.2, 0.25) is 0 Å². The van der Waals surface area contributed by atoms with Crippen LogP contribution in [0.15, 0.2) is 0 Å². The first-order valence-electron chi connectivity index (χ1n) is 2.53. The lowest BCUT2D eigenvalue weighted by Crippen LogP contribution is -2.38. The summed E-state index contributed by atoms with van der Waals surface area (Å²) >= 11 is 0. The Bertz CT molecular complexity index is 114. The van der Waals surface area contributed by atoms with E-state index in [4.69, 9.17) is 5.84 Å². The maximum atomic E-state index is 10.5. The Morgan fingerprint density at radius 3 is 2.75 bits per heavy atom. The first kappa shape index (κ1) is 5.37. The SMILES string of the molecule is C[C@H]1CNC(=O)N1N. The Hall–Kier alpha value is -0.770. The van der Waals surface area contributed by atoms with Crippen molar-refractivity contribution in [3.63, 3.8) is 0 Å². The molecule has 4 heteroatoms. The van der Waals surface area contributed by atoms with Crippen LogP contribution in [0, 0.1) is 0 Å². The Balaban J connectivity index is 2.56. The van der Waals surface area contributed by atoms with Gasteiger partial charge in [-0.3, -0.25) is 5.01 Å². The number of nitrogens with one attached hydrogen (secondary N) is 1. The van der Waals surface area contributed by atoms with E-state index < -0.39 is 0 Å². The van der Waals surface area contributed by atoms with E-state index in [1.807, 2.05) is 6.92 Å². The molecule has 4 nitrogen and oxygen atoms in total. The van der Waals surface area contributed by atoms with Crippen LogP contribution in [-0.2, 0) is 0 Å². The minimum atomic E-state index is -0.183. The molecule has 1 atom stereocenters. The lowest BCUT2D eigenvalue weighted by molar-refractivity contribution is 0.208. The van der Waals surface area contributed by atoms with Crippen molar-refractivity contribution in [2.24, 2.45) is 5.84 Å². The zero-order chi connectivity index (χ0) is 6.15. The fraction of sp³-hybridized carbons (Fsp3) is 0.750. The number of rotatable bonds is 0. The van der Waals surface area contributed by atoms with Crippen molar-refractivity contribution in [2.45, 2.75) is 13.0 Å². The molecule has 1 fully saturated rings. The standard InChI is InChI=1S/C4H9N3O/c1-3-2-6-4(8)7(3)5/h3H,2,5H2,1H3,(H,6,8)/t3-/m0/s1. The van der Waals surface area contributed by atoms with Gasteiger partial charge in [0.05, 0.1) is 6.04 Å². The normalized spacial score (nSPS) is 28.5. The number of nitrogens with zero attached hydrogens (tertiary/aromatic N) is 1. The molecule has 0 unspecified atom stereocenters. The van der Waals surface area contributed by atoms with E-state index in [1.54, 1.807) is 0 Å². The van der Waals surface area contributed by atoms with Crippen LogP contribution in [-0.4, -0.2) is 23.6 Å². The van der Waals surface area contributed by atoms with E-state index in [1.165, 1.54) is 5.01 Å². The van der Waals surface area contributed by atoms with Gasteiger partial charge in [0.1, 0.15) is 0 Å². The molecule has 1 aliphatic heterocycles. The highest BCUT2D eigenvalue weighted by molar-refractivity contribution is 5.75. The quantitative estimate of drug-likeness (QED) is 0.323. The molecule has 1 rings (SSSR count). The van der Waals surface area contributed by atoms with Crippen LogP contribution in [0.3, 0.4) is 0 Å². The summed E-state index contributed by atoms with van der Waals surface area (Å²) in [4.78, 5) is 10.5. The molecular weight excluding hydrogens is 106 g/mol. The largest absolute Gasteiger partial charge is 0.335 e. The summed E-state index contributed by atoms with van der Waals surface area (Å²) < 4.78 is 0. The summed E-state index contributed by atoms with van der Waals surface area (Å²) in [6.07, 6.45) is 0. The van der Waals surface area contributed by atoms with Gasteiger partial charge in [-0.15, -0.1) is 0 Å². The second kappa shape index (κ2) is 1.63. The maximum absolute atomic E-state index is 10.5. The Labute approximate surface area is 47.6 Å². The van der Waals surface area contributed by atoms with Gasteiger partial charge < -0.3 is 5.32 Å². The molecule has 0 spiro atoms. The van der Waals surface area contributed by atoms with Crippen LogP contribution in [0.5, 0.6) is 0 Å². The molecule has 0 bridgehead atoms. The van der Waals surface area contributed by atoms with Crippen molar-refractivity contribution in [3.8, 4) is 0 Å². The first-order valence-corrected chi connectivity index (χ1v) is 2.53. The van der Waals surface area contributed by atoms with Crippen molar-refractivity contribution in [1.82, 2.24) is 10.3 Å². The van der Waals surface area contributed by atoms with E-state index in [-0.39, 0.29) is 12.1 Å². The van der Waals surface area contributed by atoms with Crippen LogP contribution in [0.25, 0.3) is 0 Å². The van der Waals surface area contributed by atoms with Crippen molar-refractivity contribution in [1.29, 1.82) is 0 Å². The second-order valence-electron chi connectivity index (χ2n) is 1.94. The van der Waals surface area contributed by atoms with E-state index in [2.05, 4.69) is 5.32 Å². The number of carbonyl (C=O) groups excluding carboxylic acids is 1. The summed E-state index contributed by atoms with van der Waals surface area (Å²) in [6, 6.07) is -0.0417. The topological polar surface area (TPSA) is 58.4 Å². The van der Waals surface area contributed by atoms with Gasteiger partial charge in [0, 0.05) is 6.54 Å². The summed E-state index contributed by atoms with van der Waals surface area (Å²) in [5.41, 5.74) is 0. The van der Waals surface area contributed by atoms with Gasteiger partial charge in [0.2, 0.25) is 0 Å². The fourth-order valence-corrected chi connectivity index (χ4v) is 0.625. The minimum absolute atomic E-state index is 0.141. The highest BCUT2D eigenvalue weighted by atomic mass is 16.2. The van der Waals surface area contributed by atoms with Crippen LogP contribution in [0.4, 0.5) is 4.79 Å². The molecule has 1 saturated heterocycles. The molecule has 0 aliphatic carbocycles. The zero-order valence-electron chi connectivity index (χ0n) is 4.72. The average molecular weight is 115 g/mol. The van der Waals surface area contributed by atoms with Gasteiger partial charge in [0.25, 0.3) is 0 Å². The van der Waals surface area contributed by atoms with Gasteiger partial charge >= 0.3 is 6.03 Å². The molecule has 0 radical (unpaired) electrons. The smallest absolute Gasteiger partial charge is 0.331 e. The van der Waals surface area contributed by atoms with Crippen molar-refractivity contribution >= 4 is 6.03 Å². The van der Waals surface area contributed by atoms with Gasteiger partial charge in [-0.25, -0.2) is 10.6 Å². The lowest BCUT2D eigenvalue weighted by Gasteiger charge is -2.10. The van der Waals surface area contributed by atoms with Crippen LogP contribution >= 0.6 is 0 Å². The predicted molar refractivity (Wildman–Crippen MR) is 28.9 cm³/mol. The molecule has 2 amide bonds. The fourth-order valence-electron chi connectivity index (χ4n) is 0.625. The van der Waals surface area contributed by atoms with Gasteiger partial charge in [0.15, 0.2) is 0 Å². The Kier molecular flexibility index (Phi) is 1.09. The summed E-state index contributed by atoms with van der Waals surface area (Å²) in [5.74, 6) is 5.24. The average Bonchev–Trinajstić information content (AvgIpc) is 1.98. The van der Waals surface area contributed by atoms with E-state index in [9.17, 15) is 4.79 Å². The molecule has 1 aliphatic rings. The highest BCUT2D eigenvalue weighted by Gasteiger charge is 2.23. The molecule has 46 valence electrons. The lowest BCUT2D eigenvalue weighted by atomic mass is 10.4. The van der Waals surface area contributed by atoms with E-state index >= 15 is 0 Å². The van der Waals surface area contributed by atoms with Crippen molar-refractivity contribution in [2.75, 3.05) is 6.54 Å². The number of hydrogen-bond donors (Lipinski definition) is 2. The van der Waals surface area contributed by atoms with Crippen LogP contribution in [0.1, 0.15) is 6.92 Å². The molecule has 3 N–H and O–H groups in total. The number of urea groups is 1.